The van der Waals surface area contributed by atoms with E-state index < -0.39 is 0 Å². The fraction of sp³-hybridized carbons (Fsp3) is 0.667. The largest absolute Gasteiger partial charge is 0.467 e. The third kappa shape index (κ3) is 5.37. The van der Waals surface area contributed by atoms with Gasteiger partial charge in [0.25, 0.3) is 0 Å². The Hall–Kier alpha value is -1.22. The smallest absolute Gasteiger partial charge is 0.191 e. The van der Waals surface area contributed by atoms with Gasteiger partial charge in [0.15, 0.2) is 13.1 Å². The van der Waals surface area contributed by atoms with Crippen LogP contribution in [-0.4, -0.2) is 62.6 Å². The quantitative estimate of drug-likeness (QED) is 0.400. The van der Waals surface area contributed by atoms with Crippen LogP contribution in [0.5, 0.6) is 5.75 Å². The van der Waals surface area contributed by atoms with E-state index in [1.165, 1.54) is 5.56 Å². The zero-order valence-corrected chi connectivity index (χ0v) is 14.7. The van der Waals surface area contributed by atoms with Crippen molar-refractivity contribution in [3.63, 3.8) is 0 Å². The first kappa shape index (κ1) is 18.6. The zero-order valence-electron chi connectivity index (χ0n) is 14.7. The SMILES string of the molecule is CN[C@H](CN1CCC(OO)C1)c1ccc(OCOC2CCCO2)cc1. The van der Waals surface area contributed by atoms with Gasteiger partial charge < -0.3 is 19.5 Å². The fourth-order valence-corrected chi connectivity index (χ4v) is 3.32. The topological polar surface area (TPSA) is 72.4 Å². The number of rotatable bonds is 9. The summed E-state index contributed by atoms with van der Waals surface area (Å²) in [6, 6.07) is 8.27. The number of ether oxygens (including phenoxy) is 3. The van der Waals surface area contributed by atoms with Gasteiger partial charge >= 0.3 is 0 Å². The van der Waals surface area contributed by atoms with Crippen LogP contribution in [0, 0.1) is 0 Å². The molecule has 2 saturated heterocycles. The predicted octanol–water partition coefficient (Wildman–Crippen LogP) is 2.00. The second-order valence-electron chi connectivity index (χ2n) is 6.56. The molecule has 0 radical (unpaired) electrons. The standard InChI is InChI=1S/C18H28N2O5/c1-19-17(12-20-9-8-16(11-20)25-21)14-4-6-15(7-5-14)23-13-24-18-3-2-10-22-18/h4-7,16-19,21H,2-3,8-13H2,1H3/t16?,17-,18?/m1/s1. The van der Waals surface area contributed by atoms with Gasteiger partial charge in [-0.05, 0) is 37.6 Å². The van der Waals surface area contributed by atoms with Crippen LogP contribution in [0.15, 0.2) is 24.3 Å². The molecule has 2 unspecified atom stereocenters. The van der Waals surface area contributed by atoms with E-state index in [0.29, 0.717) is 0 Å². The lowest BCUT2D eigenvalue weighted by atomic mass is 10.1. The minimum absolute atomic E-state index is 0.0721. The Morgan fingerprint density at radius 3 is 2.80 bits per heavy atom. The lowest BCUT2D eigenvalue weighted by Gasteiger charge is -2.23. The Kier molecular flexibility index (Phi) is 7.03. The van der Waals surface area contributed by atoms with Crippen LogP contribution in [0.3, 0.4) is 0 Å². The van der Waals surface area contributed by atoms with Crippen molar-refractivity contribution in [1.82, 2.24) is 10.2 Å². The summed E-state index contributed by atoms with van der Waals surface area (Å²) in [6.45, 7) is 3.54. The number of likely N-dealkylation sites (tertiary alicyclic amines) is 1. The van der Waals surface area contributed by atoms with Gasteiger partial charge in [-0.15, -0.1) is 0 Å². The van der Waals surface area contributed by atoms with Gasteiger partial charge in [0, 0.05) is 38.7 Å². The Balaban J connectivity index is 1.46. The van der Waals surface area contributed by atoms with E-state index in [4.69, 9.17) is 19.5 Å². The number of nitrogens with one attached hydrogen (secondary N) is 1. The molecule has 7 heteroatoms. The maximum Gasteiger partial charge on any atom is 0.191 e. The number of benzene rings is 1. The summed E-state index contributed by atoms with van der Waals surface area (Å²) in [5, 5.41) is 12.1. The van der Waals surface area contributed by atoms with Gasteiger partial charge in [-0.1, -0.05) is 12.1 Å². The van der Waals surface area contributed by atoms with Gasteiger partial charge in [0.1, 0.15) is 11.9 Å². The van der Waals surface area contributed by atoms with Crippen molar-refractivity contribution >= 4 is 0 Å². The van der Waals surface area contributed by atoms with Crippen LogP contribution in [0.4, 0.5) is 0 Å². The molecule has 3 rings (SSSR count). The first-order valence-electron chi connectivity index (χ1n) is 8.94. The zero-order chi connectivity index (χ0) is 17.5. The van der Waals surface area contributed by atoms with E-state index in [1.54, 1.807) is 0 Å². The maximum atomic E-state index is 8.79. The lowest BCUT2D eigenvalue weighted by Crippen LogP contribution is -2.33. The fourth-order valence-electron chi connectivity index (χ4n) is 3.32. The van der Waals surface area contributed by atoms with E-state index >= 15 is 0 Å². The average Bonchev–Trinajstić information content (AvgIpc) is 3.32. The van der Waals surface area contributed by atoms with E-state index in [9.17, 15) is 0 Å². The number of nitrogens with zero attached hydrogens (tertiary/aromatic N) is 1. The van der Waals surface area contributed by atoms with E-state index in [2.05, 4.69) is 27.2 Å². The lowest BCUT2D eigenvalue weighted by molar-refractivity contribution is -0.274. The molecular formula is C18H28N2O5. The summed E-state index contributed by atoms with van der Waals surface area (Å²) in [4.78, 5) is 6.75. The van der Waals surface area contributed by atoms with Crippen molar-refractivity contribution in [3.05, 3.63) is 29.8 Å². The normalized spacial score (nSPS) is 25.4. The summed E-state index contributed by atoms with van der Waals surface area (Å²) in [7, 11) is 1.96. The number of likely N-dealkylation sites (N-methyl/N-ethyl adjacent to an activating group) is 1. The molecule has 2 aliphatic heterocycles. The highest BCUT2D eigenvalue weighted by atomic mass is 17.1. The summed E-state index contributed by atoms with van der Waals surface area (Å²) in [6.07, 6.45) is 2.65. The van der Waals surface area contributed by atoms with Crippen molar-refractivity contribution in [2.75, 3.05) is 40.1 Å². The summed E-state index contributed by atoms with van der Waals surface area (Å²) in [5.41, 5.74) is 1.20. The van der Waals surface area contributed by atoms with Crippen molar-refractivity contribution in [1.29, 1.82) is 0 Å². The van der Waals surface area contributed by atoms with Crippen molar-refractivity contribution in [2.45, 2.75) is 37.7 Å². The van der Waals surface area contributed by atoms with Gasteiger partial charge in [-0.25, -0.2) is 4.89 Å². The van der Waals surface area contributed by atoms with Gasteiger partial charge in [0.05, 0.1) is 0 Å². The molecule has 7 nitrogen and oxygen atoms in total. The molecule has 140 valence electrons. The molecule has 0 aliphatic carbocycles. The summed E-state index contributed by atoms with van der Waals surface area (Å²) >= 11 is 0. The first-order valence-corrected chi connectivity index (χ1v) is 8.94. The highest BCUT2D eigenvalue weighted by Crippen LogP contribution is 2.21. The van der Waals surface area contributed by atoms with Crippen molar-refractivity contribution in [2.24, 2.45) is 0 Å². The molecule has 0 bridgehead atoms. The molecule has 1 aromatic rings. The van der Waals surface area contributed by atoms with Gasteiger partial charge in [-0.3, -0.25) is 10.2 Å². The Morgan fingerprint density at radius 2 is 2.16 bits per heavy atom. The molecule has 3 atom stereocenters. The van der Waals surface area contributed by atoms with E-state index in [-0.39, 0.29) is 25.2 Å². The highest BCUT2D eigenvalue weighted by molar-refractivity contribution is 5.29. The Bertz CT molecular complexity index is 507. The number of hydrogen-bond donors (Lipinski definition) is 2. The molecule has 2 heterocycles. The summed E-state index contributed by atoms with van der Waals surface area (Å²) < 4.78 is 16.5. The predicted molar refractivity (Wildman–Crippen MR) is 92.4 cm³/mol. The number of hydrogen-bond acceptors (Lipinski definition) is 7. The van der Waals surface area contributed by atoms with Crippen LogP contribution >= 0.6 is 0 Å². The minimum Gasteiger partial charge on any atom is -0.467 e. The second-order valence-corrected chi connectivity index (χ2v) is 6.56. The first-order chi connectivity index (χ1) is 12.3. The van der Waals surface area contributed by atoms with Gasteiger partial charge in [-0.2, -0.15) is 0 Å². The monoisotopic (exact) mass is 352 g/mol. The van der Waals surface area contributed by atoms with Crippen LogP contribution in [-0.2, 0) is 14.4 Å². The molecule has 0 aromatic heterocycles. The summed E-state index contributed by atoms with van der Waals surface area (Å²) in [5.74, 6) is 0.784. The molecule has 2 aliphatic rings. The average molecular weight is 352 g/mol. The van der Waals surface area contributed by atoms with Crippen molar-refractivity contribution in [3.8, 4) is 5.75 Å². The van der Waals surface area contributed by atoms with Crippen LogP contribution < -0.4 is 10.1 Å². The minimum atomic E-state index is -0.125. The van der Waals surface area contributed by atoms with Crippen LogP contribution in [0.1, 0.15) is 30.9 Å². The molecule has 2 fully saturated rings. The Morgan fingerprint density at radius 1 is 1.32 bits per heavy atom. The van der Waals surface area contributed by atoms with Crippen molar-refractivity contribution < 1.29 is 24.4 Å². The molecule has 0 saturated carbocycles. The molecule has 0 amide bonds. The van der Waals surface area contributed by atoms with Gasteiger partial charge in [0.2, 0.25) is 0 Å². The third-order valence-corrected chi connectivity index (χ3v) is 4.82. The maximum absolute atomic E-state index is 8.79. The molecule has 2 N–H and O–H groups in total. The molecule has 0 spiro atoms. The van der Waals surface area contributed by atoms with Crippen LogP contribution in [0.2, 0.25) is 0 Å². The van der Waals surface area contributed by atoms with Crippen LogP contribution in [0.25, 0.3) is 0 Å². The highest BCUT2D eigenvalue weighted by Gasteiger charge is 2.25. The van der Waals surface area contributed by atoms with E-state index in [1.807, 2.05) is 19.2 Å². The second kappa shape index (κ2) is 9.47. The molecular weight excluding hydrogens is 324 g/mol. The van der Waals surface area contributed by atoms with E-state index in [0.717, 1.165) is 51.3 Å². The molecule has 25 heavy (non-hydrogen) atoms. The third-order valence-electron chi connectivity index (χ3n) is 4.82. The molecule has 1 aromatic carbocycles. The Labute approximate surface area is 148 Å².